The first-order valence-corrected chi connectivity index (χ1v) is 1.15. The summed E-state index contributed by atoms with van der Waals surface area (Å²) in [7, 11) is 0. The second-order valence-electron chi connectivity index (χ2n) is 0.471. The van der Waals surface area contributed by atoms with Gasteiger partial charge in [0.15, 0.2) is 0 Å². The molecule has 0 heteroatoms. The maximum atomic E-state index is 3.36. The molecule has 4 heavy (non-hydrogen) atoms. The van der Waals surface area contributed by atoms with Crippen LogP contribution in [-0.4, -0.2) is 0 Å². The zero-order valence-corrected chi connectivity index (χ0v) is 2.57. The van der Waals surface area contributed by atoms with Crippen molar-refractivity contribution < 1.29 is 0 Å². The molecule has 0 aliphatic rings. The Morgan fingerprint density at radius 1 is 1.00 bits per heavy atom. The highest BCUT2D eigenvalue weighted by atomic mass is 13.6. The zero-order valence-electron chi connectivity index (χ0n) is 2.57. The predicted molar refractivity (Wildman–Crippen MR) is 20.4 cm³/mol. The SMILES string of the molecule is C=CC=[13CH2]. The Hall–Kier alpha value is -0.520. The van der Waals surface area contributed by atoms with Gasteiger partial charge >= 0.3 is 0 Å². The Balaban J connectivity index is 2.73. The van der Waals surface area contributed by atoms with E-state index >= 15 is 0 Å². The van der Waals surface area contributed by atoms with Crippen LogP contribution in [0.2, 0.25) is 0 Å². The van der Waals surface area contributed by atoms with Crippen molar-refractivity contribution in [3.63, 3.8) is 0 Å². The molecule has 0 nitrogen and oxygen atoms in total. The third-order valence-electron chi connectivity index (χ3n) is 0.167. The summed E-state index contributed by atoms with van der Waals surface area (Å²) in [5.41, 5.74) is 0. The number of rotatable bonds is 1. The molecule has 0 heterocycles. The summed E-state index contributed by atoms with van der Waals surface area (Å²) in [5.74, 6) is 0. The molecule has 0 bridgehead atoms. The predicted octanol–water partition coefficient (Wildman–Crippen LogP) is 1.36. The van der Waals surface area contributed by atoms with E-state index in [9.17, 15) is 0 Å². The van der Waals surface area contributed by atoms with E-state index in [2.05, 4.69) is 13.2 Å². The van der Waals surface area contributed by atoms with Crippen LogP contribution in [0.3, 0.4) is 0 Å². The van der Waals surface area contributed by atoms with Gasteiger partial charge in [0.2, 0.25) is 0 Å². The molecule has 22 valence electrons. The van der Waals surface area contributed by atoms with Gasteiger partial charge in [0.25, 0.3) is 0 Å². The van der Waals surface area contributed by atoms with Crippen LogP contribution >= 0.6 is 0 Å². The van der Waals surface area contributed by atoms with Crippen LogP contribution in [0, 0.1) is 0 Å². The Labute approximate surface area is 26.5 Å². The van der Waals surface area contributed by atoms with Gasteiger partial charge in [-0.05, 0) is 0 Å². The van der Waals surface area contributed by atoms with Crippen LogP contribution in [0.4, 0.5) is 0 Å². The highest BCUT2D eigenvalue weighted by molar-refractivity contribution is 4.88. The molecular weight excluding hydrogens is 49.0 g/mol. The van der Waals surface area contributed by atoms with Crippen molar-refractivity contribution in [2.24, 2.45) is 0 Å². The average molecular weight is 55.1 g/mol. The Bertz CT molecular complexity index is 21.0. The van der Waals surface area contributed by atoms with E-state index in [-0.39, 0.29) is 0 Å². The summed E-state index contributed by atoms with van der Waals surface area (Å²) < 4.78 is 0. The summed E-state index contributed by atoms with van der Waals surface area (Å²) in [4.78, 5) is 0. The van der Waals surface area contributed by atoms with Crippen molar-refractivity contribution in [2.45, 2.75) is 0 Å². The van der Waals surface area contributed by atoms with Gasteiger partial charge in [0.1, 0.15) is 0 Å². The monoisotopic (exact) mass is 55.1 g/mol. The molecule has 0 saturated carbocycles. The zero-order chi connectivity index (χ0) is 3.41. The highest BCUT2D eigenvalue weighted by Crippen LogP contribution is 1.52. The van der Waals surface area contributed by atoms with Gasteiger partial charge in [0, 0.05) is 0 Å². The van der Waals surface area contributed by atoms with E-state index in [1.165, 1.54) is 0 Å². The maximum absolute atomic E-state index is 3.36. The standard InChI is InChI=1S/C4H6/c1-3-4-2/h3-4H,1-2H2/i1+1. The molecule has 0 radical (unpaired) electrons. The molecule has 0 fully saturated rings. The lowest BCUT2D eigenvalue weighted by atomic mass is 10.7. The van der Waals surface area contributed by atoms with Gasteiger partial charge in [-0.1, -0.05) is 25.3 Å². The Morgan fingerprint density at radius 3 is 1.25 bits per heavy atom. The first kappa shape index (κ1) is 3.48. The van der Waals surface area contributed by atoms with Crippen LogP contribution in [0.1, 0.15) is 0 Å². The van der Waals surface area contributed by atoms with Crippen LogP contribution in [0.5, 0.6) is 0 Å². The molecule has 0 unspecified atom stereocenters. The molecule has 0 atom stereocenters. The van der Waals surface area contributed by atoms with Crippen LogP contribution in [-0.2, 0) is 0 Å². The quantitative estimate of drug-likeness (QED) is 0.314. The average Bonchev–Trinajstić information content (AvgIpc) is 1.37. The normalized spacial score (nSPS) is 5.00. The fourth-order valence-electron chi connectivity index (χ4n) is 0. The lowest BCUT2D eigenvalue weighted by Gasteiger charge is -1.44. The second-order valence-corrected chi connectivity index (χ2v) is 0.471. The Morgan fingerprint density at radius 2 is 1.25 bits per heavy atom. The molecule has 0 aromatic heterocycles. The summed E-state index contributed by atoms with van der Waals surface area (Å²) in [6, 6.07) is 0. The first-order valence-electron chi connectivity index (χ1n) is 1.15. The maximum Gasteiger partial charge on any atom is -0.0701 e. The van der Waals surface area contributed by atoms with Gasteiger partial charge in [-0.2, -0.15) is 0 Å². The third-order valence-corrected chi connectivity index (χ3v) is 0.167. The van der Waals surface area contributed by atoms with Crippen molar-refractivity contribution in [3.05, 3.63) is 25.3 Å². The van der Waals surface area contributed by atoms with Crippen LogP contribution in [0.25, 0.3) is 0 Å². The molecule has 0 aliphatic carbocycles. The fraction of sp³-hybridized carbons (Fsp3) is 0. The van der Waals surface area contributed by atoms with E-state index in [4.69, 9.17) is 0 Å². The van der Waals surface area contributed by atoms with Crippen molar-refractivity contribution in [1.82, 2.24) is 0 Å². The molecule has 0 aromatic rings. The van der Waals surface area contributed by atoms with Crippen molar-refractivity contribution in [3.8, 4) is 0 Å². The van der Waals surface area contributed by atoms with Crippen molar-refractivity contribution in [2.75, 3.05) is 0 Å². The number of hydrogen-bond donors (Lipinski definition) is 0. The summed E-state index contributed by atoms with van der Waals surface area (Å²) in [5, 5.41) is 0. The molecule has 0 spiro atoms. The largest absolute Gasteiger partial charge is 0.0991 e. The van der Waals surface area contributed by atoms with Crippen LogP contribution < -0.4 is 0 Å². The minimum Gasteiger partial charge on any atom is -0.0991 e. The van der Waals surface area contributed by atoms with Crippen LogP contribution in [0.15, 0.2) is 25.3 Å². The third kappa shape index (κ3) is 1.48. The molecule has 0 N–H and O–H groups in total. The minimum absolute atomic E-state index is 1.64. The molecule has 0 amide bonds. The number of hydrogen-bond acceptors (Lipinski definition) is 0. The van der Waals surface area contributed by atoms with Crippen molar-refractivity contribution in [1.29, 1.82) is 0 Å². The summed E-state index contributed by atoms with van der Waals surface area (Å²) in [6.45, 7) is 6.72. The molecule has 0 rings (SSSR count). The topological polar surface area (TPSA) is 0 Å². The van der Waals surface area contributed by atoms with Gasteiger partial charge in [0.05, 0.1) is 0 Å². The van der Waals surface area contributed by atoms with Gasteiger partial charge in [-0.25, -0.2) is 0 Å². The van der Waals surface area contributed by atoms with Crippen molar-refractivity contribution >= 4 is 0 Å². The fourth-order valence-corrected chi connectivity index (χ4v) is 0. The van der Waals surface area contributed by atoms with Gasteiger partial charge < -0.3 is 0 Å². The summed E-state index contributed by atoms with van der Waals surface area (Å²) >= 11 is 0. The van der Waals surface area contributed by atoms with Gasteiger partial charge in [-0.3, -0.25) is 0 Å². The molecule has 0 aliphatic heterocycles. The number of allylic oxidation sites excluding steroid dienone is 2. The lowest BCUT2D eigenvalue weighted by molar-refractivity contribution is 2.15. The molecular formula is C4H6. The van der Waals surface area contributed by atoms with E-state index in [0.717, 1.165) is 0 Å². The lowest BCUT2D eigenvalue weighted by Crippen LogP contribution is -1.21. The first-order chi connectivity index (χ1) is 1.91. The minimum atomic E-state index is 1.64. The molecule has 0 aromatic carbocycles. The van der Waals surface area contributed by atoms with Gasteiger partial charge in [-0.15, -0.1) is 0 Å². The highest BCUT2D eigenvalue weighted by Gasteiger charge is 1.29. The van der Waals surface area contributed by atoms with E-state index in [1.807, 2.05) is 0 Å². The summed E-state index contributed by atoms with van der Waals surface area (Å²) in [6.07, 6.45) is 3.28. The second kappa shape index (κ2) is 2.48. The van der Waals surface area contributed by atoms with E-state index in [0.29, 0.717) is 0 Å². The smallest absolute Gasteiger partial charge is 0.0701 e. The van der Waals surface area contributed by atoms with E-state index < -0.39 is 0 Å². The van der Waals surface area contributed by atoms with E-state index in [1.54, 1.807) is 12.2 Å². The molecule has 0 saturated heterocycles. The Kier molecular flexibility index (Phi) is 2.16.